The van der Waals surface area contributed by atoms with E-state index in [-0.39, 0.29) is 12.2 Å². The molecule has 2 aromatic rings. The number of halogens is 4. The molecule has 0 heterocycles. The van der Waals surface area contributed by atoms with Crippen molar-refractivity contribution in [1.29, 1.82) is 0 Å². The van der Waals surface area contributed by atoms with Gasteiger partial charge in [-0.15, -0.1) is 0 Å². The fourth-order valence-electron chi connectivity index (χ4n) is 1.85. The first kappa shape index (κ1) is 14.4. The minimum absolute atomic E-state index is 0.212. The summed E-state index contributed by atoms with van der Waals surface area (Å²) in [7, 11) is 0. The van der Waals surface area contributed by atoms with Gasteiger partial charge >= 0.3 is 0 Å². The molecule has 0 aromatic heterocycles. The molecule has 0 spiro atoms. The highest BCUT2D eigenvalue weighted by Crippen LogP contribution is 2.24. The lowest BCUT2D eigenvalue weighted by atomic mass is 9.99. The van der Waals surface area contributed by atoms with Crippen LogP contribution in [-0.2, 0) is 6.42 Å². The lowest BCUT2D eigenvalue weighted by molar-refractivity contribution is 0.563. The fraction of sp³-hybridized carbons (Fsp3) is 0.143. The molecular formula is C14H11BrClF2N. The van der Waals surface area contributed by atoms with Crippen LogP contribution in [0.25, 0.3) is 0 Å². The average molecular weight is 347 g/mol. The zero-order chi connectivity index (χ0) is 14.0. The van der Waals surface area contributed by atoms with Gasteiger partial charge in [0.2, 0.25) is 0 Å². The lowest BCUT2D eigenvalue weighted by Gasteiger charge is -2.14. The van der Waals surface area contributed by atoms with E-state index in [1.165, 1.54) is 18.2 Å². The third-order valence-corrected chi connectivity index (χ3v) is 3.54. The van der Waals surface area contributed by atoms with Crippen LogP contribution in [0.1, 0.15) is 17.2 Å². The van der Waals surface area contributed by atoms with Crippen molar-refractivity contribution in [2.24, 2.45) is 5.73 Å². The maximum Gasteiger partial charge on any atom is 0.129 e. The molecule has 0 fully saturated rings. The fourth-order valence-corrected chi connectivity index (χ4v) is 2.42. The molecule has 1 unspecified atom stereocenters. The quantitative estimate of drug-likeness (QED) is 0.862. The second-order valence-electron chi connectivity index (χ2n) is 4.21. The monoisotopic (exact) mass is 345 g/mol. The van der Waals surface area contributed by atoms with E-state index < -0.39 is 11.9 Å². The predicted molar refractivity (Wildman–Crippen MR) is 76.1 cm³/mol. The molecule has 0 aliphatic carbocycles. The number of benzene rings is 2. The summed E-state index contributed by atoms with van der Waals surface area (Å²) in [6.07, 6.45) is 0.212. The molecule has 19 heavy (non-hydrogen) atoms. The summed E-state index contributed by atoms with van der Waals surface area (Å²) in [5.74, 6) is -0.830. The second-order valence-corrected chi connectivity index (χ2v) is 5.56. The van der Waals surface area contributed by atoms with Gasteiger partial charge in [0, 0.05) is 21.1 Å². The van der Waals surface area contributed by atoms with Crippen LogP contribution < -0.4 is 5.73 Å². The summed E-state index contributed by atoms with van der Waals surface area (Å²) in [5, 5.41) is 0.307. The van der Waals surface area contributed by atoms with Gasteiger partial charge in [0.25, 0.3) is 0 Å². The highest BCUT2D eigenvalue weighted by molar-refractivity contribution is 9.10. The highest BCUT2D eigenvalue weighted by atomic mass is 79.9. The molecule has 5 heteroatoms. The Morgan fingerprint density at radius 2 is 1.84 bits per heavy atom. The molecule has 1 atom stereocenters. The van der Waals surface area contributed by atoms with Gasteiger partial charge < -0.3 is 5.73 Å². The first-order valence-corrected chi connectivity index (χ1v) is 6.79. The Labute approximate surface area is 123 Å². The standard InChI is InChI=1S/C14H11BrClF2N/c15-9-1-4-12(17)8(5-9)6-14(19)11-3-2-10(16)7-13(11)18/h1-5,7,14H,6,19H2. The van der Waals surface area contributed by atoms with Gasteiger partial charge in [-0.25, -0.2) is 8.78 Å². The minimum Gasteiger partial charge on any atom is -0.324 e. The molecule has 2 aromatic carbocycles. The van der Waals surface area contributed by atoms with E-state index in [4.69, 9.17) is 17.3 Å². The van der Waals surface area contributed by atoms with Crippen LogP contribution >= 0.6 is 27.5 Å². The van der Waals surface area contributed by atoms with Crippen molar-refractivity contribution in [2.75, 3.05) is 0 Å². The Morgan fingerprint density at radius 1 is 1.11 bits per heavy atom. The van der Waals surface area contributed by atoms with Crippen molar-refractivity contribution in [3.63, 3.8) is 0 Å². The van der Waals surface area contributed by atoms with E-state index in [1.807, 2.05) is 0 Å². The highest BCUT2D eigenvalue weighted by Gasteiger charge is 2.14. The van der Waals surface area contributed by atoms with Crippen molar-refractivity contribution >= 4 is 27.5 Å². The SMILES string of the molecule is NC(Cc1cc(Br)ccc1F)c1ccc(Cl)cc1F. The molecule has 0 saturated heterocycles. The maximum absolute atomic E-state index is 13.7. The van der Waals surface area contributed by atoms with Gasteiger partial charge in [0.1, 0.15) is 11.6 Å². The molecule has 0 aliphatic rings. The van der Waals surface area contributed by atoms with E-state index in [2.05, 4.69) is 15.9 Å². The van der Waals surface area contributed by atoms with E-state index in [9.17, 15) is 8.78 Å². The first-order chi connectivity index (χ1) is 8.97. The Balaban J connectivity index is 2.25. The van der Waals surface area contributed by atoms with Crippen molar-refractivity contribution < 1.29 is 8.78 Å². The third-order valence-electron chi connectivity index (χ3n) is 2.81. The average Bonchev–Trinajstić information content (AvgIpc) is 2.33. The van der Waals surface area contributed by atoms with E-state index in [0.717, 1.165) is 4.47 Å². The zero-order valence-corrected chi connectivity index (χ0v) is 12.2. The van der Waals surface area contributed by atoms with Crippen molar-refractivity contribution in [3.05, 3.63) is 68.7 Å². The topological polar surface area (TPSA) is 26.0 Å². The van der Waals surface area contributed by atoms with Gasteiger partial charge in [0.05, 0.1) is 0 Å². The largest absolute Gasteiger partial charge is 0.324 e. The minimum atomic E-state index is -0.624. The van der Waals surface area contributed by atoms with Gasteiger partial charge in [-0.1, -0.05) is 33.6 Å². The maximum atomic E-state index is 13.7. The number of rotatable bonds is 3. The number of nitrogens with two attached hydrogens (primary N) is 1. The lowest BCUT2D eigenvalue weighted by Crippen LogP contribution is -2.15. The normalized spacial score (nSPS) is 12.5. The van der Waals surface area contributed by atoms with Gasteiger partial charge in [-0.2, -0.15) is 0 Å². The van der Waals surface area contributed by atoms with E-state index in [1.54, 1.807) is 18.2 Å². The molecule has 2 N–H and O–H groups in total. The Hall–Kier alpha value is -0.970. The zero-order valence-electron chi connectivity index (χ0n) is 9.84. The summed E-state index contributed by atoms with van der Waals surface area (Å²) in [4.78, 5) is 0. The first-order valence-electron chi connectivity index (χ1n) is 5.62. The van der Waals surface area contributed by atoms with Crippen LogP contribution in [0.2, 0.25) is 5.02 Å². The third kappa shape index (κ3) is 3.53. The van der Waals surface area contributed by atoms with Crippen molar-refractivity contribution in [1.82, 2.24) is 0 Å². The van der Waals surface area contributed by atoms with Crippen molar-refractivity contribution in [2.45, 2.75) is 12.5 Å². The predicted octanol–water partition coefficient (Wildman–Crippen LogP) is 4.62. The molecule has 0 saturated carbocycles. The van der Waals surface area contributed by atoms with Crippen LogP contribution in [0.15, 0.2) is 40.9 Å². The van der Waals surface area contributed by atoms with Crippen LogP contribution in [0.5, 0.6) is 0 Å². The van der Waals surface area contributed by atoms with E-state index >= 15 is 0 Å². The van der Waals surface area contributed by atoms with Gasteiger partial charge in [-0.05, 0) is 42.3 Å². The Morgan fingerprint density at radius 3 is 2.53 bits per heavy atom. The molecular weight excluding hydrogens is 336 g/mol. The van der Waals surface area contributed by atoms with Crippen LogP contribution in [0.3, 0.4) is 0 Å². The van der Waals surface area contributed by atoms with Gasteiger partial charge in [-0.3, -0.25) is 0 Å². The summed E-state index contributed by atoms with van der Waals surface area (Å²) < 4.78 is 28.1. The molecule has 0 amide bonds. The van der Waals surface area contributed by atoms with Crippen LogP contribution in [0, 0.1) is 11.6 Å². The summed E-state index contributed by atoms with van der Waals surface area (Å²) in [5.41, 5.74) is 6.70. The molecule has 0 radical (unpaired) electrons. The van der Waals surface area contributed by atoms with Crippen LogP contribution in [0.4, 0.5) is 8.78 Å². The number of hydrogen-bond donors (Lipinski definition) is 1. The smallest absolute Gasteiger partial charge is 0.129 e. The summed E-state index contributed by atoms with van der Waals surface area (Å²) >= 11 is 8.95. The molecule has 0 bridgehead atoms. The molecule has 2 rings (SSSR count). The van der Waals surface area contributed by atoms with Crippen molar-refractivity contribution in [3.8, 4) is 0 Å². The van der Waals surface area contributed by atoms with Crippen LogP contribution in [-0.4, -0.2) is 0 Å². The number of hydrogen-bond acceptors (Lipinski definition) is 1. The Bertz CT molecular complexity index is 604. The second kappa shape index (κ2) is 5.99. The summed E-state index contributed by atoms with van der Waals surface area (Å²) in [6, 6.07) is 8.27. The molecule has 0 aliphatic heterocycles. The van der Waals surface area contributed by atoms with E-state index in [0.29, 0.717) is 16.1 Å². The Kier molecular flexibility index (Phi) is 4.55. The van der Waals surface area contributed by atoms with Gasteiger partial charge in [0.15, 0.2) is 0 Å². The molecule has 1 nitrogen and oxygen atoms in total. The summed E-state index contributed by atoms with van der Waals surface area (Å²) in [6.45, 7) is 0. The molecule has 100 valence electrons.